The lowest BCUT2D eigenvalue weighted by atomic mass is 9.99. The van der Waals surface area contributed by atoms with Crippen LogP contribution in [-0.4, -0.2) is 39.7 Å². The summed E-state index contributed by atoms with van der Waals surface area (Å²) in [4.78, 5) is 11.9. The van der Waals surface area contributed by atoms with E-state index in [9.17, 15) is 4.79 Å². The molecule has 0 aliphatic carbocycles. The zero-order valence-corrected chi connectivity index (χ0v) is 9.14. The van der Waals surface area contributed by atoms with E-state index in [0.29, 0.717) is 19.0 Å². The third kappa shape index (κ3) is 2.54. The lowest BCUT2D eigenvalue weighted by Crippen LogP contribution is -2.36. The fraction of sp³-hybridized carbons (Fsp3) is 0.778. The minimum absolute atomic E-state index is 0.0422. The van der Waals surface area contributed by atoms with Crippen LogP contribution in [0.15, 0.2) is 0 Å². The Morgan fingerprint density at radius 1 is 1.56 bits per heavy atom. The van der Waals surface area contributed by atoms with Crippen LogP contribution in [0.1, 0.15) is 31.6 Å². The highest BCUT2D eigenvalue weighted by molar-refractivity contribution is 5.79. The van der Waals surface area contributed by atoms with E-state index in [0.717, 1.165) is 12.8 Å². The van der Waals surface area contributed by atoms with E-state index in [1.165, 1.54) is 0 Å². The number of hydrogen-bond acceptors (Lipinski definition) is 5. The fourth-order valence-electron chi connectivity index (χ4n) is 1.71. The second-order valence-electron chi connectivity index (χ2n) is 3.89. The average Bonchev–Trinajstić information content (AvgIpc) is 2.83. The molecule has 16 heavy (non-hydrogen) atoms. The van der Waals surface area contributed by atoms with Gasteiger partial charge >= 0.3 is 0 Å². The molecule has 1 aliphatic heterocycles. The first-order valence-corrected chi connectivity index (χ1v) is 5.39. The van der Waals surface area contributed by atoms with Crippen LogP contribution in [0.3, 0.4) is 0 Å². The third-order valence-corrected chi connectivity index (χ3v) is 2.70. The summed E-state index contributed by atoms with van der Waals surface area (Å²) in [5, 5.41) is 16.3. The van der Waals surface area contributed by atoms with Crippen LogP contribution in [-0.2, 0) is 9.53 Å². The van der Waals surface area contributed by atoms with Crippen molar-refractivity contribution in [1.29, 1.82) is 0 Å². The second kappa shape index (κ2) is 5.02. The molecule has 1 atom stereocenters. The van der Waals surface area contributed by atoms with E-state index in [1.54, 1.807) is 0 Å². The van der Waals surface area contributed by atoms with Gasteiger partial charge in [-0.05, 0) is 19.8 Å². The van der Waals surface area contributed by atoms with Crippen molar-refractivity contribution in [2.24, 2.45) is 5.92 Å². The molecule has 2 heterocycles. The standard InChI is InChI=1S/C9H15N5O2/c1-6(8-11-13-14-12-8)10-9(15)7-2-4-16-5-3-7/h6-7H,2-5H2,1H3,(H,10,15)(H,11,12,13,14). The highest BCUT2D eigenvalue weighted by Gasteiger charge is 2.23. The monoisotopic (exact) mass is 225 g/mol. The zero-order valence-electron chi connectivity index (χ0n) is 9.14. The van der Waals surface area contributed by atoms with Gasteiger partial charge in [0.2, 0.25) is 5.91 Å². The number of tetrazole rings is 1. The Morgan fingerprint density at radius 3 is 2.94 bits per heavy atom. The molecular formula is C9H15N5O2. The van der Waals surface area contributed by atoms with Gasteiger partial charge < -0.3 is 10.1 Å². The first-order chi connectivity index (χ1) is 7.77. The van der Waals surface area contributed by atoms with Crippen LogP contribution < -0.4 is 5.32 Å². The van der Waals surface area contributed by atoms with Crippen LogP contribution >= 0.6 is 0 Å². The summed E-state index contributed by atoms with van der Waals surface area (Å²) in [5.74, 6) is 0.587. The first kappa shape index (κ1) is 11.0. The van der Waals surface area contributed by atoms with E-state index < -0.39 is 0 Å². The Labute approximate surface area is 92.9 Å². The van der Waals surface area contributed by atoms with Crippen LogP contribution in [0, 0.1) is 5.92 Å². The number of amides is 1. The molecular weight excluding hydrogens is 210 g/mol. The van der Waals surface area contributed by atoms with E-state index in [2.05, 4.69) is 25.9 Å². The maximum absolute atomic E-state index is 11.9. The molecule has 0 bridgehead atoms. The van der Waals surface area contributed by atoms with Crippen molar-refractivity contribution in [1.82, 2.24) is 25.9 Å². The Hall–Kier alpha value is -1.50. The second-order valence-corrected chi connectivity index (χ2v) is 3.89. The molecule has 1 aromatic heterocycles. The predicted octanol–water partition coefficient (Wildman–Crippen LogP) is -0.197. The normalized spacial score (nSPS) is 19.3. The average molecular weight is 225 g/mol. The predicted molar refractivity (Wildman–Crippen MR) is 54.3 cm³/mol. The van der Waals surface area contributed by atoms with Crippen molar-refractivity contribution in [2.75, 3.05) is 13.2 Å². The van der Waals surface area contributed by atoms with Gasteiger partial charge in [0, 0.05) is 19.1 Å². The van der Waals surface area contributed by atoms with Crippen molar-refractivity contribution in [3.8, 4) is 0 Å². The van der Waals surface area contributed by atoms with Crippen molar-refractivity contribution >= 4 is 5.91 Å². The Morgan fingerprint density at radius 2 is 2.31 bits per heavy atom. The number of aromatic nitrogens is 4. The molecule has 88 valence electrons. The summed E-state index contributed by atoms with van der Waals surface area (Å²) in [5.41, 5.74) is 0. The van der Waals surface area contributed by atoms with Crippen LogP contribution in [0.2, 0.25) is 0 Å². The SMILES string of the molecule is CC(NC(=O)C1CCOCC1)c1nn[nH]n1. The van der Waals surface area contributed by atoms with Crippen molar-refractivity contribution in [2.45, 2.75) is 25.8 Å². The van der Waals surface area contributed by atoms with Gasteiger partial charge in [0.25, 0.3) is 0 Å². The van der Waals surface area contributed by atoms with Gasteiger partial charge in [-0.2, -0.15) is 5.21 Å². The first-order valence-electron chi connectivity index (χ1n) is 5.39. The van der Waals surface area contributed by atoms with E-state index in [-0.39, 0.29) is 17.9 Å². The molecule has 1 amide bonds. The molecule has 1 aromatic rings. The van der Waals surface area contributed by atoms with Gasteiger partial charge in [0.1, 0.15) is 0 Å². The third-order valence-electron chi connectivity index (χ3n) is 2.70. The maximum atomic E-state index is 11.9. The Balaban J connectivity index is 1.86. The molecule has 1 aliphatic rings. The molecule has 2 N–H and O–H groups in total. The number of ether oxygens (including phenoxy) is 1. The van der Waals surface area contributed by atoms with Crippen LogP contribution in [0.25, 0.3) is 0 Å². The molecule has 7 heteroatoms. The summed E-state index contributed by atoms with van der Waals surface area (Å²) >= 11 is 0. The molecule has 1 fully saturated rings. The van der Waals surface area contributed by atoms with E-state index in [1.807, 2.05) is 6.92 Å². The number of H-pyrrole nitrogens is 1. The van der Waals surface area contributed by atoms with E-state index in [4.69, 9.17) is 4.74 Å². The van der Waals surface area contributed by atoms with Gasteiger partial charge in [-0.3, -0.25) is 4.79 Å². The lowest BCUT2D eigenvalue weighted by Gasteiger charge is -2.22. The minimum Gasteiger partial charge on any atom is -0.381 e. The molecule has 2 rings (SSSR count). The number of nitrogens with zero attached hydrogens (tertiary/aromatic N) is 3. The van der Waals surface area contributed by atoms with E-state index >= 15 is 0 Å². The van der Waals surface area contributed by atoms with Crippen molar-refractivity contribution in [3.63, 3.8) is 0 Å². The highest BCUT2D eigenvalue weighted by atomic mass is 16.5. The number of hydrogen-bond donors (Lipinski definition) is 2. The van der Waals surface area contributed by atoms with Gasteiger partial charge in [0.05, 0.1) is 6.04 Å². The number of nitrogens with one attached hydrogen (secondary N) is 2. The van der Waals surface area contributed by atoms with Crippen molar-refractivity contribution in [3.05, 3.63) is 5.82 Å². The lowest BCUT2D eigenvalue weighted by molar-refractivity contribution is -0.128. The Bertz CT molecular complexity index is 334. The number of carbonyl (C=O) groups excluding carboxylic acids is 1. The fourth-order valence-corrected chi connectivity index (χ4v) is 1.71. The van der Waals surface area contributed by atoms with Gasteiger partial charge in [-0.1, -0.05) is 5.21 Å². The van der Waals surface area contributed by atoms with Crippen LogP contribution in [0.5, 0.6) is 0 Å². The van der Waals surface area contributed by atoms with Crippen LogP contribution in [0.4, 0.5) is 0 Å². The quantitative estimate of drug-likeness (QED) is 0.743. The van der Waals surface area contributed by atoms with Gasteiger partial charge in [0.15, 0.2) is 5.82 Å². The van der Waals surface area contributed by atoms with Gasteiger partial charge in [-0.15, -0.1) is 10.2 Å². The number of carbonyl (C=O) groups is 1. The summed E-state index contributed by atoms with van der Waals surface area (Å²) in [6.45, 7) is 3.16. The van der Waals surface area contributed by atoms with Crippen molar-refractivity contribution < 1.29 is 9.53 Å². The largest absolute Gasteiger partial charge is 0.381 e. The number of aromatic amines is 1. The highest BCUT2D eigenvalue weighted by Crippen LogP contribution is 2.16. The summed E-state index contributed by atoms with van der Waals surface area (Å²) < 4.78 is 5.21. The summed E-state index contributed by atoms with van der Waals surface area (Å²) in [7, 11) is 0. The summed E-state index contributed by atoms with van der Waals surface area (Å²) in [6, 6.07) is -0.214. The molecule has 0 radical (unpaired) electrons. The van der Waals surface area contributed by atoms with Gasteiger partial charge in [-0.25, -0.2) is 0 Å². The zero-order chi connectivity index (χ0) is 11.4. The molecule has 1 unspecified atom stereocenters. The molecule has 0 saturated carbocycles. The topological polar surface area (TPSA) is 92.8 Å². The molecule has 0 aromatic carbocycles. The Kier molecular flexibility index (Phi) is 3.45. The number of rotatable bonds is 3. The smallest absolute Gasteiger partial charge is 0.223 e. The minimum atomic E-state index is -0.214. The molecule has 7 nitrogen and oxygen atoms in total. The molecule has 0 spiro atoms. The molecule has 1 saturated heterocycles. The summed E-state index contributed by atoms with van der Waals surface area (Å²) in [6.07, 6.45) is 1.57. The maximum Gasteiger partial charge on any atom is 0.223 e.